The summed E-state index contributed by atoms with van der Waals surface area (Å²) in [6, 6.07) is 0. The van der Waals surface area contributed by atoms with Gasteiger partial charge in [-0.15, -0.1) is 0 Å². The molecule has 4 heteroatoms. The average Bonchev–Trinajstić information content (AvgIpc) is 1.35. The molecule has 2 N–H and O–H groups in total. The molecule has 0 saturated carbocycles. The van der Waals surface area contributed by atoms with Gasteiger partial charge >= 0.3 is 45.6 Å². The molecule has 0 fully saturated rings. The Balaban J connectivity index is 3.51. The van der Waals surface area contributed by atoms with Gasteiger partial charge in [-0.25, -0.2) is 0 Å². The topological polar surface area (TPSA) is 40.5 Å². The summed E-state index contributed by atoms with van der Waals surface area (Å²) < 4.78 is 2.26. The number of hydrogen-bond donors (Lipinski definition) is 2. The Labute approximate surface area is 45.9 Å². The second-order valence-corrected chi connectivity index (χ2v) is 7.44. The van der Waals surface area contributed by atoms with Gasteiger partial charge in [0, 0.05) is 0 Å². The zero-order valence-electron chi connectivity index (χ0n) is 2.92. The molecule has 0 aliphatic heterocycles. The molecule has 0 rings (SSSR count). The van der Waals surface area contributed by atoms with Gasteiger partial charge in [0.05, 0.1) is 0 Å². The molecule has 0 heterocycles. The monoisotopic (exact) mass is 222 g/mol. The SMILES string of the molecule is C#C[TeH]=[PH](O)O. The summed E-state index contributed by atoms with van der Waals surface area (Å²) in [5.41, 5.74) is -1.97. The van der Waals surface area contributed by atoms with E-state index in [1.54, 1.807) is 0 Å². The van der Waals surface area contributed by atoms with Crippen molar-refractivity contribution in [3.8, 4) is 10.4 Å². The molecule has 0 bridgehead atoms. The van der Waals surface area contributed by atoms with Crippen molar-refractivity contribution < 1.29 is 9.79 Å². The molecule has 0 spiro atoms. The summed E-state index contributed by atoms with van der Waals surface area (Å²) in [5, 5.41) is 0. The van der Waals surface area contributed by atoms with E-state index in [9.17, 15) is 0 Å². The summed E-state index contributed by atoms with van der Waals surface area (Å²) >= 11 is -0.984. The predicted octanol–water partition coefficient (Wildman–Crippen LogP) is -1.04. The quantitative estimate of drug-likeness (QED) is 0.310. The van der Waals surface area contributed by atoms with Gasteiger partial charge in [0.2, 0.25) is 0 Å². The summed E-state index contributed by atoms with van der Waals surface area (Å²) in [7, 11) is 0. The zero-order valence-corrected chi connectivity index (χ0v) is 6.47. The van der Waals surface area contributed by atoms with Crippen LogP contribution in [0.2, 0.25) is 0 Å². The third-order valence-corrected chi connectivity index (χ3v) is 3.31. The van der Waals surface area contributed by atoms with Crippen LogP contribution >= 0.6 is 5.60 Å². The van der Waals surface area contributed by atoms with Crippen LogP contribution < -0.4 is 0 Å². The maximum atomic E-state index is 8.13. The normalized spacial score (nSPS) is 8.33. The van der Waals surface area contributed by atoms with Crippen molar-refractivity contribution in [2.45, 2.75) is 0 Å². The predicted molar refractivity (Wildman–Crippen MR) is 28.7 cm³/mol. The van der Waals surface area contributed by atoms with E-state index < -0.39 is 25.5 Å². The van der Waals surface area contributed by atoms with Gasteiger partial charge in [-0.3, -0.25) is 0 Å². The third-order valence-electron chi connectivity index (χ3n) is 0.165. The Hall–Kier alpha value is 0.700. The number of hydrogen-bond acceptors (Lipinski definition) is 2. The van der Waals surface area contributed by atoms with Crippen LogP contribution in [0.5, 0.6) is 0 Å². The number of terminal acetylenes is 1. The Morgan fingerprint density at radius 2 is 2.17 bits per heavy atom. The molecule has 36 valence electrons. The van der Waals surface area contributed by atoms with Crippen molar-refractivity contribution >= 4 is 25.5 Å². The van der Waals surface area contributed by atoms with Gasteiger partial charge < -0.3 is 0 Å². The van der Waals surface area contributed by atoms with Crippen molar-refractivity contribution in [3.05, 3.63) is 0 Å². The third kappa shape index (κ3) is 4.70. The van der Waals surface area contributed by atoms with Crippen molar-refractivity contribution in [1.82, 2.24) is 0 Å². The standard InChI is InChI=1S/C2H5O2PTe/c1-2-6-5(3)4/h1,3-6H. The van der Waals surface area contributed by atoms with E-state index in [1.165, 1.54) is 0 Å². The fourth-order valence-electron chi connectivity index (χ4n) is 0.0577. The molecule has 0 aliphatic carbocycles. The van der Waals surface area contributed by atoms with Gasteiger partial charge in [0.1, 0.15) is 0 Å². The molecule has 2 nitrogen and oxygen atoms in total. The Kier molecular flexibility index (Phi) is 4.33. The molecule has 6 heavy (non-hydrogen) atoms. The van der Waals surface area contributed by atoms with Crippen LogP contribution in [0.3, 0.4) is 0 Å². The molecule has 0 aromatic carbocycles. The summed E-state index contributed by atoms with van der Waals surface area (Å²) in [5.74, 6) is 0. The van der Waals surface area contributed by atoms with Crippen molar-refractivity contribution in [2.24, 2.45) is 0 Å². The molecule has 0 amide bonds. The van der Waals surface area contributed by atoms with Crippen LogP contribution in [-0.4, -0.2) is 29.6 Å². The minimum absolute atomic E-state index is 0.984. The van der Waals surface area contributed by atoms with Gasteiger partial charge in [-0.2, -0.15) is 0 Å². The van der Waals surface area contributed by atoms with Crippen LogP contribution in [0.1, 0.15) is 0 Å². The Morgan fingerprint density at radius 1 is 1.67 bits per heavy atom. The Bertz CT molecular complexity index is 98.6. The summed E-state index contributed by atoms with van der Waals surface area (Å²) in [6.07, 6.45) is 4.75. The Morgan fingerprint density at radius 3 is 2.17 bits per heavy atom. The fraction of sp³-hybridized carbons (Fsp3) is 0. The number of rotatable bonds is 0. The molecule has 0 aromatic heterocycles. The summed E-state index contributed by atoms with van der Waals surface area (Å²) in [6.45, 7) is 0. The molecule has 0 aliphatic rings. The van der Waals surface area contributed by atoms with E-state index in [2.05, 4.69) is 3.97 Å². The summed E-state index contributed by atoms with van der Waals surface area (Å²) in [4.78, 5) is 16.3. The van der Waals surface area contributed by atoms with E-state index >= 15 is 0 Å². The molecule has 0 saturated heterocycles. The fourth-order valence-corrected chi connectivity index (χ4v) is 1.16. The minimum atomic E-state index is -1.97. The molecule has 0 aromatic rings. The van der Waals surface area contributed by atoms with E-state index in [0.29, 0.717) is 0 Å². The molecule has 0 unspecified atom stereocenters. The first-order chi connectivity index (χ1) is 2.77. The van der Waals surface area contributed by atoms with Crippen LogP contribution in [0.25, 0.3) is 0 Å². The van der Waals surface area contributed by atoms with Gasteiger partial charge in [-0.05, 0) is 0 Å². The first-order valence-electron chi connectivity index (χ1n) is 1.18. The van der Waals surface area contributed by atoms with Crippen LogP contribution in [0.15, 0.2) is 0 Å². The molecular weight excluding hydrogens is 215 g/mol. The maximum absolute atomic E-state index is 8.13. The van der Waals surface area contributed by atoms with E-state index in [-0.39, 0.29) is 0 Å². The van der Waals surface area contributed by atoms with Crippen molar-refractivity contribution in [2.75, 3.05) is 0 Å². The average molecular weight is 220 g/mol. The van der Waals surface area contributed by atoms with Crippen molar-refractivity contribution in [3.63, 3.8) is 0 Å². The van der Waals surface area contributed by atoms with E-state index in [0.717, 1.165) is 0 Å². The molecular formula is C2H5O2PTe. The van der Waals surface area contributed by atoms with Gasteiger partial charge in [0.15, 0.2) is 0 Å². The van der Waals surface area contributed by atoms with Crippen molar-refractivity contribution in [1.29, 1.82) is 0 Å². The van der Waals surface area contributed by atoms with Crippen LogP contribution in [-0.2, 0) is 0 Å². The van der Waals surface area contributed by atoms with E-state index in [4.69, 9.17) is 16.2 Å². The zero-order chi connectivity index (χ0) is 4.99. The van der Waals surface area contributed by atoms with Gasteiger partial charge in [0.25, 0.3) is 0 Å². The first-order valence-corrected chi connectivity index (χ1v) is 7.63. The molecule has 0 atom stereocenters. The van der Waals surface area contributed by atoms with Crippen LogP contribution in [0.4, 0.5) is 0 Å². The van der Waals surface area contributed by atoms with Crippen LogP contribution in [0, 0.1) is 10.4 Å². The first kappa shape index (κ1) is 6.70. The second kappa shape index (κ2) is 3.88. The van der Waals surface area contributed by atoms with E-state index in [1.807, 2.05) is 0 Å². The van der Waals surface area contributed by atoms with Gasteiger partial charge in [-0.1, -0.05) is 0 Å². The molecule has 0 radical (unpaired) electrons. The second-order valence-electron chi connectivity index (χ2n) is 0.541.